The van der Waals surface area contributed by atoms with Gasteiger partial charge in [0.1, 0.15) is 24.0 Å². The van der Waals surface area contributed by atoms with E-state index in [0.29, 0.717) is 49.4 Å². The Bertz CT molecular complexity index is 3370. The number of ether oxygens (including phenoxy) is 2. The van der Waals surface area contributed by atoms with Crippen LogP contribution in [0.2, 0.25) is 0 Å². The number of aliphatic hydroxyl groups is 1. The first-order valence-electron chi connectivity index (χ1n) is 28.8. The standard InChI is InChI=1S/C61H72FN13O8S/c1-37-7-6-8-41(29-37)47-19-24-75(70-47)51-32-50(72-25-27-82-28-26-72)67-59(68-51)83-46-17-22-71(23-18-46)44-15-13-42(14-16-44)64-58(81)65-43-33-73(34-43)52(77)31-48(39-9-11-40(12-10-39)53-38(2)63-36-84-53)66-55(78)49-30-45(76)35-74(49)56(79)54(60(3,4)5)69-57(80)61(62)20-21-61/h6-16,19,24,29,32,36,43,45-46,48-49,54,76H,17-18,20-23,25-28,30-31,33-35H2,1-5H3,(H,66,78)(H,69,80)(H2,64,65,81)/t45-,48+,49+,54-/m1/s1. The average Bonchev–Trinajstić information content (AvgIpc) is 3.66. The number of hydrogen-bond acceptors (Lipinski definition) is 15. The van der Waals surface area contributed by atoms with Crippen molar-refractivity contribution >= 4 is 58.2 Å². The molecule has 0 radical (unpaired) electrons. The second kappa shape index (κ2) is 24.3. The van der Waals surface area contributed by atoms with Gasteiger partial charge in [-0.05, 0) is 79.6 Å². The lowest BCUT2D eigenvalue weighted by Gasteiger charge is -2.40. The summed E-state index contributed by atoms with van der Waals surface area (Å²) in [6.07, 6.45) is 2.20. The summed E-state index contributed by atoms with van der Waals surface area (Å²) in [6, 6.07) is 23.8. The molecule has 0 unspecified atom stereocenters. The highest BCUT2D eigenvalue weighted by Crippen LogP contribution is 2.41. The summed E-state index contributed by atoms with van der Waals surface area (Å²) in [6.45, 7) is 13.7. The number of morpholine rings is 1. The van der Waals surface area contributed by atoms with Gasteiger partial charge in [0, 0.05) is 94.3 Å². The number of β-amino-alcohol motifs (C(OH)–C–C–N with tert-alkyl or cyclic N) is 1. The van der Waals surface area contributed by atoms with Gasteiger partial charge in [-0.3, -0.25) is 19.2 Å². The Balaban J connectivity index is 0.675. The van der Waals surface area contributed by atoms with Crippen molar-refractivity contribution in [3.63, 3.8) is 0 Å². The molecule has 23 heteroatoms. The van der Waals surface area contributed by atoms with E-state index in [2.05, 4.69) is 55.1 Å². The molecule has 442 valence electrons. The number of alkyl halides is 1. The highest BCUT2D eigenvalue weighted by atomic mass is 32.1. The number of carbonyl (C=O) groups excluding carboxylic acids is 5. The van der Waals surface area contributed by atoms with Crippen LogP contribution >= 0.6 is 11.3 Å². The maximum atomic E-state index is 14.8. The van der Waals surface area contributed by atoms with Crippen LogP contribution in [0.3, 0.4) is 0 Å². The third-order valence-corrected chi connectivity index (χ3v) is 17.3. The van der Waals surface area contributed by atoms with Crippen LogP contribution in [0.25, 0.3) is 27.5 Å². The Morgan fingerprint density at radius 3 is 2.26 bits per heavy atom. The molecule has 1 aliphatic carbocycles. The number of urea groups is 1. The Hall–Kier alpha value is -8.02. The largest absolute Gasteiger partial charge is 0.460 e. The number of hydrogen-bond donors (Lipinski definition) is 5. The van der Waals surface area contributed by atoms with E-state index in [1.807, 2.05) is 85.9 Å². The van der Waals surface area contributed by atoms with Crippen LogP contribution in [0, 0.1) is 19.3 Å². The van der Waals surface area contributed by atoms with Crippen molar-refractivity contribution in [1.82, 2.24) is 50.5 Å². The van der Waals surface area contributed by atoms with Gasteiger partial charge in [-0.15, -0.1) is 11.3 Å². The topological polar surface area (TPSA) is 242 Å². The molecule has 6 amide bonds. The zero-order chi connectivity index (χ0) is 58.9. The minimum absolute atomic E-state index is 0.0697. The third-order valence-electron chi connectivity index (χ3n) is 16.3. The van der Waals surface area contributed by atoms with E-state index in [-0.39, 0.29) is 63.4 Å². The number of rotatable bonds is 17. The van der Waals surface area contributed by atoms with Crippen LogP contribution in [0.15, 0.2) is 96.6 Å². The van der Waals surface area contributed by atoms with Crippen molar-refractivity contribution < 1.29 is 42.9 Å². The minimum atomic E-state index is -2.02. The van der Waals surface area contributed by atoms with Crippen LogP contribution in [-0.4, -0.2) is 164 Å². The highest BCUT2D eigenvalue weighted by molar-refractivity contribution is 7.13. The zero-order valence-corrected chi connectivity index (χ0v) is 48.7. The number of halogens is 1. The lowest BCUT2D eigenvalue weighted by Crippen LogP contribution is -2.62. The predicted molar refractivity (Wildman–Crippen MR) is 316 cm³/mol. The van der Waals surface area contributed by atoms with Crippen molar-refractivity contribution in [2.45, 2.75) is 115 Å². The lowest BCUT2D eigenvalue weighted by atomic mass is 9.85. The van der Waals surface area contributed by atoms with Crippen molar-refractivity contribution in [3.8, 4) is 33.5 Å². The Labute approximate surface area is 491 Å². The number of piperidine rings is 1. The number of anilines is 3. The molecule has 0 bridgehead atoms. The first kappa shape index (κ1) is 57.8. The fraction of sp³-hybridized carbons (Fsp3) is 0.459. The number of benzene rings is 3. The van der Waals surface area contributed by atoms with Gasteiger partial charge in [0.25, 0.3) is 5.91 Å². The summed E-state index contributed by atoms with van der Waals surface area (Å²) in [5.74, 6) is -0.946. The zero-order valence-electron chi connectivity index (χ0n) is 47.9. The summed E-state index contributed by atoms with van der Waals surface area (Å²) in [4.78, 5) is 91.1. The third kappa shape index (κ3) is 13.3. The molecule has 11 rings (SSSR count). The summed E-state index contributed by atoms with van der Waals surface area (Å²) in [7, 11) is 0. The first-order valence-corrected chi connectivity index (χ1v) is 29.7. The molecule has 3 aromatic heterocycles. The number of aromatic nitrogens is 5. The lowest BCUT2D eigenvalue weighted by molar-refractivity contribution is -0.145. The molecule has 1 saturated carbocycles. The van der Waals surface area contributed by atoms with E-state index in [0.717, 1.165) is 70.4 Å². The molecule has 6 aromatic rings. The molecule has 5 aliphatic rings. The molecule has 4 atom stereocenters. The molecule has 4 saturated heterocycles. The number of thiazole rings is 1. The average molecular weight is 1170 g/mol. The quantitative estimate of drug-likeness (QED) is 0.0653. The molecular formula is C61H72FN13O8S. The van der Waals surface area contributed by atoms with Crippen molar-refractivity contribution in [2.75, 3.05) is 74.1 Å². The van der Waals surface area contributed by atoms with Gasteiger partial charge in [-0.25, -0.2) is 18.9 Å². The second-order valence-electron chi connectivity index (χ2n) is 23.7. The van der Waals surface area contributed by atoms with Gasteiger partial charge in [-0.1, -0.05) is 68.8 Å². The highest BCUT2D eigenvalue weighted by Gasteiger charge is 2.53. The van der Waals surface area contributed by atoms with Gasteiger partial charge in [-0.2, -0.15) is 15.1 Å². The second-order valence-corrected chi connectivity index (χ2v) is 24.6. The van der Waals surface area contributed by atoms with Crippen molar-refractivity contribution in [2.24, 2.45) is 5.41 Å². The van der Waals surface area contributed by atoms with Crippen molar-refractivity contribution in [3.05, 3.63) is 113 Å². The van der Waals surface area contributed by atoms with Gasteiger partial charge in [0.2, 0.25) is 17.7 Å². The van der Waals surface area contributed by atoms with Crippen LogP contribution in [0.1, 0.15) is 82.2 Å². The first-order chi connectivity index (χ1) is 40.3. The summed E-state index contributed by atoms with van der Waals surface area (Å²) >= 11 is 1.50. The monoisotopic (exact) mass is 1170 g/mol. The fourth-order valence-electron chi connectivity index (χ4n) is 11.2. The molecule has 3 aromatic carbocycles. The summed E-state index contributed by atoms with van der Waals surface area (Å²) < 4.78 is 28.7. The summed E-state index contributed by atoms with van der Waals surface area (Å²) in [5.41, 5.74) is 5.97. The van der Waals surface area contributed by atoms with E-state index in [1.54, 1.807) is 35.9 Å². The van der Waals surface area contributed by atoms with E-state index >= 15 is 0 Å². The molecule has 7 heterocycles. The molecule has 84 heavy (non-hydrogen) atoms. The minimum Gasteiger partial charge on any atom is -0.460 e. The van der Waals surface area contributed by atoms with E-state index in [1.165, 1.54) is 16.2 Å². The Kier molecular flexibility index (Phi) is 16.7. The molecule has 21 nitrogen and oxygen atoms in total. The van der Waals surface area contributed by atoms with Crippen LogP contribution in [0.4, 0.5) is 26.4 Å². The molecule has 0 spiro atoms. The number of nitrogens with one attached hydrogen (secondary N) is 4. The smallest absolute Gasteiger partial charge is 0.320 e. The molecular weight excluding hydrogens is 1090 g/mol. The number of nitrogens with zero attached hydrogens (tertiary/aromatic N) is 9. The number of aryl methyl sites for hydroxylation is 2. The van der Waals surface area contributed by atoms with E-state index < -0.39 is 59.1 Å². The van der Waals surface area contributed by atoms with Gasteiger partial charge < -0.3 is 55.4 Å². The molecule has 5 fully saturated rings. The van der Waals surface area contributed by atoms with Gasteiger partial charge in [0.05, 0.1) is 59.6 Å². The van der Waals surface area contributed by atoms with Gasteiger partial charge >= 0.3 is 12.0 Å². The normalized spacial score (nSPS) is 19.7. The van der Waals surface area contributed by atoms with Crippen LogP contribution in [0.5, 0.6) is 6.01 Å². The maximum absolute atomic E-state index is 14.8. The fourth-order valence-corrected chi connectivity index (χ4v) is 12.0. The predicted octanol–water partition coefficient (Wildman–Crippen LogP) is 6.53. The van der Waals surface area contributed by atoms with E-state index in [4.69, 9.17) is 24.5 Å². The maximum Gasteiger partial charge on any atom is 0.320 e. The van der Waals surface area contributed by atoms with Crippen LogP contribution in [-0.2, 0) is 23.9 Å². The van der Waals surface area contributed by atoms with Gasteiger partial charge in [0.15, 0.2) is 11.5 Å². The SMILES string of the molecule is Cc1cccc(-c2ccn(-c3cc(N4CCOCC4)nc(OC4CCN(c5ccc(NC(=O)NC6CN(C(=O)C[C@H](NC(=O)[C@@H]7C[C@@H](O)CN7C(=O)[C@@H](NC(=O)C7(F)CC7)C(C)(C)C)c7ccc(-c8scnc8C)cc7)C6)cc5)CC4)n3)n2)c1. The number of likely N-dealkylation sites (tertiary alicyclic amines) is 2. The number of carbonyl (C=O) groups is 5. The molecule has 5 N–H and O–H groups in total. The number of aliphatic hydroxyl groups excluding tert-OH is 1. The van der Waals surface area contributed by atoms with Crippen LogP contribution < -0.4 is 35.8 Å². The van der Waals surface area contributed by atoms with Crippen molar-refractivity contribution in [1.29, 1.82) is 0 Å². The summed E-state index contributed by atoms with van der Waals surface area (Å²) in [5, 5.41) is 27.2. The Morgan fingerprint density at radius 2 is 1.58 bits per heavy atom. The molecule has 4 aliphatic heterocycles. The van der Waals surface area contributed by atoms with E-state index in [9.17, 15) is 33.5 Å². The Morgan fingerprint density at radius 1 is 0.857 bits per heavy atom. The number of amides is 6.